The third kappa shape index (κ3) is 3.12. The lowest BCUT2D eigenvalue weighted by Crippen LogP contribution is -2.36. The molecule has 0 aromatic heterocycles. The van der Waals surface area contributed by atoms with Crippen molar-refractivity contribution in [1.29, 1.82) is 0 Å². The van der Waals surface area contributed by atoms with E-state index in [1.54, 1.807) is 19.2 Å². The number of carbonyl (C=O) groups excluding carboxylic acids is 1. The third-order valence-electron chi connectivity index (χ3n) is 2.68. The zero-order valence-electron chi connectivity index (χ0n) is 10.6. The molecule has 0 aliphatic carbocycles. The summed E-state index contributed by atoms with van der Waals surface area (Å²) in [7, 11) is 1.70. The van der Waals surface area contributed by atoms with Crippen molar-refractivity contribution >= 4 is 17.6 Å². The Morgan fingerprint density at radius 2 is 2.37 bits per heavy atom. The Hall–Kier alpha value is -1.88. The predicted octanol–water partition coefficient (Wildman–Crippen LogP) is 2.40. The highest BCUT2D eigenvalue weighted by Gasteiger charge is 2.18. The second kappa shape index (κ2) is 5.84. The maximum atomic E-state index is 11.7. The van der Waals surface area contributed by atoms with Crippen LogP contribution in [-0.4, -0.2) is 31.3 Å². The Bertz CT molecular complexity index is 505. The second-order valence-corrected chi connectivity index (χ2v) is 4.55. The van der Waals surface area contributed by atoms with Crippen molar-refractivity contribution in [2.75, 3.05) is 20.4 Å². The molecule has 0 saturated carbocycles. The van der Waals surface area contributed by atoms with E-state index in [4.69, 9.17) is 21.1 Å². The first-order valence-corrected chi connectivity index (χ1v) is 6.17. The number of urea groups is 1. The first-order chi connectivity index (χ1) is 9.11. The quantitative estimate of drug-likeness (QED) is 0.863. The fourth-order valence-electron chi connectivity index (χ4n) is 1.71. The molecule has 0 bridgehead atoms. The summed E-state index contributed by atoms with van der Waals surface area (Å²) in [4.78, 5) is 13.2. The molecular formula is C13H15ClN2O3. The number of amides is 2. The van der Waals surface area contributed by atoms with Gasteiger partial charge in [0.2, 0.25) is 6.79 Å². The van der Waals surface area contributed by atoms with Gasteiger partial charge in [-0.3, -0.25) is 0 Å². The molecule has 6 heteroatoms. The lowest BCUT2D eigenvalue weighted by molar-refractivity contribution is 0.174. The molecule has 1 aliphatic rings. The van der Waals surface area contributed by atoms with Crippen LogP contribution in [0, 0.1) is 0 Å². The smallest absolute Gasteiger partial charge is 0.317 e. The highest BCUT2D eigenvalue weighted by molar-refractivity contribution is 6.32. The Kier molecular flexibility index (Phi) is 4.16. The number of nitrogens with zero attached hydrogens (tertiary/aromatic N) is 1. The summed E-state index contributed by atoms with van der Waals surface area (Å²) < 4.78 is 10.5. The fraction of sp³-hybridized carbons (Fsp3) is 0.308. The Labute approximate surface area is 116 Å². The van der Waals surface area contributed by atoms with Gasteiger partial charge in [-0.05, 0) is 17.7 Å². The lowest BCUT2D eigenvalue weighted by atomic mass is 10.2. The highest BCUT2D eigenvalue weighted by atomic mass is 35.5. The van der Waals surface area contributed by atoms with Gasteiger partial charge in [-0.1, -0.05) is 17.7 Å². The van der Waals surface area contributed by atoms with Gasteiger partial charge in [-0.2, -0.15) is 0 Å². The molecule has 0 atom stereocenters. The summed E-state index contributed by atoms with van der Waals surface area (Å²) in [5, 5.41) is 3.27. The van der Waals surface area contributed by atoms with E-state index < -0.39 is 0 Å². The van der Waals surface area contributed by atoms with Gasteiger partial charge in [-0.25, -0.2) is 4.79 Å². The monoisotopic (exact) mass is 282 g/mol. The summed E-state index contributed by atoms with van der Waals surface area (Å²) >= 11 is 6.06. The number of hydrogen-bond donors (Lipinski definition) is 1. The molecule has 2 amide bonds. The van der Waals surface area contributed by atoms with E-state index in [2.05, 4.69) is 11.9 Å². The van der Waals surface area contributed by atoms with Gasteiger partial charge in [0.1, 0.15) is 0 Å². The minimum absolute atomic E-state index is 0.173. The van der Waals surface area contributed by atoms with Crippen LogP contribution in [0.3, 0.4) is 0 Å². The molecule has 0 saturated heterocycles. The molecular weight excluding hydrogens is 268 g/mol. The number of fused-ring (bicyclic) bond motifs is 1. The fourth-order valence-corrected chi connectivity index (χ4v) is 2.00. The summed E-state index contributed by atoms with van der Waals surface area (Å²) in [6.07, 6.45) is 1.66. The van der Waals surface area contributed by atoms with Crippen molar-refractivity contribution in [2.45, 2.75) is 6.54 Å². The zero-order chi connectivity index (χ0) is 13.8. The number of benzene rings is 1. The van der Waals surface area contributed by atoms with E-state index in [0.29, 0.717) is 29.6 Å². The van der Waals surface area contributed by atoms with Gasteiger partial charge in [0.05, 0.1) is 5.02 Å². The first kappa shape index (κ1) is 13.5. The maximum Gasteiger partial charge on any atom is 0.317 e. The lowest BCUT2D eigenvalue weighted by Gasteiger charge is -2.16. The minimum atomic E-state index is -0.173. The van der Waals surface area contributed by atoms with Crippen molar-refractivity contribution in [3.8, 4) is 11.5 Å². The van der Waals surface area contributed by atoms with E-state index in [9.17, 15) is 4.79 Å². The molecule has 1 aliphatic heterocycles. The van der Waals surface area contributed by atoms with Gasteiger partial charge >= 0.3 is 6.03 Å². The zero-order valence-corrected chi connectivity index (χ0v) is 11.4. The summed E-state index contributed by atoms with van der Waals surface area (Å²) in [6.45, 7) is 4.62. The number of halogens is 1. The van der Waals surface area contributed by atoms with Crippen LogP contribution in [0.2, 0.25) is 5.02 Å². The standard InChI is InChI=1S/C13H15ClN2O3/c1-3-4-16(2)13(17)15-7-9-5-10(14)12-11(6-9)18-8-19-12/h3,5-6H,1,4,7-8H2,2H3,(H,15,17). The molecule has 0 radical (unpaired) electrons. The number of rotatable bonds is 4. The number of nitrogens with one attached hydrogen (secondary N) is 1. The van der Waals surface area contributed by atoms with Gasteiger partial charge in [-0.15, -0.1) is 6.58 Å². The Morgan fingerprint density at radius 3 is 3.11 bits per heavy atom. The number of ether oxygens (including phenoxy) is 2. The van der Waals surface area contributed by atoms with Crippen LogP contribution < -0.4 is 14.8 Å². The van der Waals surface area contributed by atoms with Crippen LogP contribution in [0.15, 0.2) is 24.8 Å². The highest BCUT2D eigenvalue weighted by Crippen LogP contribution is 2.39. The molecule has 0 unspecified atom stereocenters. The molecule has 1 heterocycles. The number of likely N-dealkylation sites (N-methyl/N-ethyl adjacent to an activating group) is 1. The van der Waals surface area contributed by atoms with Crippen molar-refractivity contribution in [3.05, 3.63) is 35.4 Å². The van der Waals surface area contributed by atoms with Crippen LogP contribution in [-0.2, 0) is 6.54 Å². The van der Waals surface area contributed by atoms with E-state index in [1.165, 1.54) is 4.90 Å². The molecule has 5 nitrogen and oxygen atoms in total. The summed E-state index contributed by atoms with van der Waals surface area (Å²) in [5.74, 6) is 1.16. The molecule has 2 rings (SSSR count). The van der Waals surface area contributed by atoms with E-state index in [0.717, 1.165) is 5.56 Å². The molecule has 1 aromatic carbocycles. The predicted molar refractivity (Wildman–Crippen MR) is 72.6 cm³/mol. The van der Waals surface area contributed by atoms with Gasteiger partial charge < -0.3 is 19.7 Å². The average Bonchev–Trinajstić information content (AvgIpc) is 2.85. The molecule has 0 spiro atoms. The Morgan fingerprint density at radius 1 is 1.58 bits per heavy atom. The normalized spacial score (nSPS) is 12.1. The minimum Gasteiger partial charge on any atom is -0.454 e. The van der Waals surface area contributed by atoms with Crippen molar-refractivity contribution in [3.63, 3.8) is 0 Å². The number of carbonyl (C=O) groups is 1. The van der Waals surface area contributed by atoms with Crippen LogP contribution in [0.25, 0.3) is 0 Å². The molecule has 19 heavy (non-hydrogen) atoms. The maximum absolute atomic E-state index is 11.7. The Balaban J connectivity index is 1.99. The topological polar surface area (TPSA) is 50.8 Å². The van der Waals surface area contributed by atoms with Gasteiger partial charge in [0, 0.05) is 20.1 Å². The van der Waals surface area contributed by atoms with E-state index in [-0.39, 0.29) is 12.8 Å². The molecule has 0 fully saturated rings. The largest absolute Gasteiger partial charge is 0.454 e. The van der Waals surface area contributed by atoms with Gasteiger partial charge in [0.15, 0.2) is 11.5 Å². The third-order valence-corrected chi connectivity index (χ3v) is 2.96. The molecule has 102 valence electrons. The van der Waals surface area contributed by atoms with Crippen LogP contribution in [0.5, 0.6) is 11.5 Å². The van der Waals surface area contributed by atoms with Crippen LogP contribution in [0.1, 0.15) is 5.56 Å². The summed E-state index contributed by atoms with van der Waals surface area (Å²) in [5.41, 5.74) is 0.856. The van der Waals surface area contributed by atoms with Crippen molar-refractivity contribution in [2.24, 2.45) is 0 Å². The molecule has 1 N–H and O–H groups in total. The van der Waals surface area contributed by atoms with E-state index in [1.807, 2.05) is 6.07 Å². The summed E-state index contributed by atoms with van der Waals surface area (Å²) in [6, 6.07) is 3.39. The van der Waals surface area contributed by atoms with Crippen LogP contribution in [0.4, 0.5) is 4.79 Å². The molecule has 1 aromatic rings. The van der Waals surface area contributed by atoms with Crippen molar-refractivity contribution in [1.82, 2.24) is 10.2 Å². The number of hydrogen-bond acceptors (Lipinski definition) is 3. The average molecular weight is 283 g/mol. The van der Waals surface area contributed by atoms with Crippen LogP contribution >= 0.6 is 11.6 Å². The second-order valence-electron chi connectivity index (χ2n) is 4.14. The van der Waals surface area contributed by atoms with E-state index >= 15 is 0 Å². The van der Waals surface area contributed by atoms with Crippen molar-refractivity contribution < 1.29 is 14.3 Å². The van der Waals surface area contributed by atoms with Gasteiger partial charge in [0.25, 0.3) is 0 Å². The SMILES string of the molecule is C=CCN(C)C(=O)NCc1cc(Cl)c2c(c1)OCO2. The first-order valence-electron chi connectivity index (χ1n) is 5.79.